The van der Waals surface area contributed by atoms with Gasteiger partial charge in [0, 0.05) is 10.9 Å². The van der Waals surface area contributed by atoms with E-state index in [1.54, 1.807) is 25.1 Å². The van der Waals surface area contributed by atoms with Crippen molar-refractivity contribution in [2.24, 2.45) is 0 Å². The Kier molecular flexibility index (Phi) is 4.55. The van der Waals surface area contributed by atoms with Crippen molar-refractivity contribution in [2.45, 2.75) is 19.0 Å². The maximum Gasteiger partial charge on any atom is 0.325 e. The van der Waals surface area contributed by atoms with Crippen molar-refractivity contribution in [1.29, 1.82) is 0 Å². The molecule has 1 unspecified atom stereocenters. The highest BCUT2D eigenvalue weighted by atomic mass is 32.1. The van der Waals surface area contributed by atoms with Crippen LogP contribution in [0.5, 0.6) is 0 Å². The van der Waals surface area contributed by atoms with E-state index in [0.29, 0.717) is 16.9 Å². The van der Waals surface area contributed by atoms with Gasteiger partial charge in [0.25, 0.3) is 5.91 Å². The first-order chi connectivity index (χ1) is 15.0. The highest BCUT2D eigenvalue weighted by Crippen LogP contribution is 2.31. The monoisotopic (exact) mass is 431 g/mol. The second-order valence-corrected chi connectivity index (χ2v) is 8.12. The molecule has 0 radical (unpaired) electrons. The number of urea groups is 1. The lowest BCUT2D eigenvalue weighted by Gasteiger charge is -2.22. The SMILES string of the molecule is CC1(c2cccc(-n3cnnn3)c2)NC(=O)N(Cc2csc(-c3ccccc3)n2)C1=O. The molecule has 3 amide bonds. The fourth-order valence-corrected chi connectivity index (χ4v) is 4.35. The number of hydrogen-bond donors (Lipinski definition) is 1. The zero-order chi connectivity index (χ0) is 21.4. The number of amides is 3. The molecule has 0 saturated carbocycles. The third kappa shape index (κ3) is 3.36. The highest BCUT2D eigenvalue weighted by Gasteiger charge is 2.49. The fourth-order valence-electron chi connectivity index (χ4n) is 3.53. The number of tetrazole rings is 1. The minimum Gasteiger partial charge on any atom is -0.319 e. The van der Waals surface area contributed by atoms with Crippen LogP contribution in [0.3, 0.4) is 0 Å². The van der Waals surface area contributed by atoms with Crippen LogP contribution in [0.2, 0.25) is 0 Å². The van der Waals surface area contributed by atoms with Crippen LogP contribution >= 0.6 is 11.3 Å². The lowest BCUT2D eigenvalue weighted by atomic mass is 9.91. The summed E-state index contributed by atoms with van der Waals surface area (Å²) in [6.07, 6.45) is 1.47. The van der Waals surface area contributed by atoms with E-state index in [2.05, 4.69) is 25.8 Å². The Balaban J connectivity index is 1.40. The molecule has 1 fully saturated rings. The lowest BCUT2D eigenvalue weighted by Crippen LogP contribution is -2.40. The minimum absolute atomic E-state index is 0.107. The van der Waals surface area contributed by atoms with Gasteiger partial charge in [0.05, 0.1) is 17.9 Å². The molecule has 3 heterocycles. The van der Waals surface area contributed by atoms with Crippen molar-refractivity contribution in [3.63, 3.8) is 0 Å². The van der Waals surface area contributed by atoms with Gasteiger partial charge in [-0.05, 0) is 35.0 Å². The van der Waals surface area contributed by atoms with E-state index >= 15 is 0 Å². The Morgan fingerprint density at radius 2 is 1.94 bits per heavy atom. The van der Waals surface area contributed by atoms with Gasteiger partial charge in [0.1, 0.15) is 16.9 Å². The second kappa shape index (κ2) is 7.40. The predicted octanol–water partition coefficient (Wildman–Crippen LogP) is 2.75. The van der Waals surface area contributed by atoms with Crippen LogP contribution in [0, 0.1) is 0 Å². The number of nitrogens with zero attached hydrogens (tertiary/aromatic N) is 6. The normalized spacial score (nSPS) is 18.4. The molecule has 1 N–H and O–H groups in total. The number of carbonyl (C=O) groups excluding carboxylic acids is 2. The van der Waals surface area contributed by atoms with Crippen molar-refractivity contribution < 1.29 is 9.59 Å². The summed E-state index contributed by atoms with van der Waals surface area (Å²) in [6.45, 7) is 1.80. The standard InChI is InChI=1S/C21H17N7O2S/c1-21(15-8-5-9-17(10-15)28-13-22-25-26-28)19(29)27(20(30)24-21)11-16-12-31-18(23-16)14-6-3-2-4-7-14/h2-10,12-13H,11H2,1H3,(H,24,30). The quantitative estimate of drug-likeness (QED) is 0.487. The Labute approximate surface area is 181 Å². The van der Waals surface area contributed by atoms with Crippen LogP contribution in [0.25, 0.3) is 16.3 Å². The molecule has 2 aromatic heterocycles. The van der Waals surface area contributed by atoms with Gasteiger partial charge in [0.2, 0.25) is 0 Å². The van der Waals surface area contributed by atoms with E-state index in [0.717, 1.165) is 10.6 Å². The zero-order valence-electron chi connectivity index (χ0n) is 16.5. The maximum atomic E-state index is 13.3. The number of aromatic nitrogens is 5. The molecule has 31 heavy (non-hydrogen) atoms. The number of rotatable bonds is 5. The molecule has 2 aromatic carbocycles. The summed E-state index contributed by atoms with van der Waals surface area (Å²) in [5.74, 6) is -0.333. The molecule has 4 aromatic rings. The Bertz CT molecular complexity index is 1260. The number of nitrogens with one attached hydrogen (secondary N) is 1. The molecule has 10 heteroatoms. The Morgan fingerprint density at radius 3 is 2.71 bits per heavy atom. The van der Waals surface area contributed by atoms with E-state index in [1.807, 2.05) is 41.8 Å². The van der Waals surface area contributed by atoms with Crippen LogP contribution in [0.1, 0.15) is 18.2 Å². The van der Waals surface area contributed by atoms with Crippen molar-refractivity contribution in [2.75, 3.05) is 0 Å². The number of hydrogen-bond acceptors (Lipinski definition) is 7. The van der Waals surface area contributed by atoms with Gasteiger partial charge >= 0.3 is 6.03 Å². The molecule has 154 valence electrons. The summed E-state index contributed by atoms with van der Waals surface area (Å²) in [6, 6.07) is 16.5. The maximum absolute atomic E-state index is 13.3. The third-order valence-electron chi connectivity index (χ3n) is 5.20. The van der Waals surface area contributed by atoms with Gasteiger partial charge in [-0.2, -0.15) is 0 Å². The molecular formula is C21H17N7O2S. The molecular weight excluding hydrogens is 414 g/mol. The van der Waals surface area contributed by atoms with Crippen LogP contribution < -0.4 is 5.32 Å². The van der Waals surface area contributed by atoms with Gasteiger partial charge in [-0.3, -0.25) is 9.69 Å². The summed E-state index contributed by atoms with van der Waals surface area (Å²) < 4.78 is 1.49. The van der Waals surface area contributed by atoms with E-state index in [-0.39, 0.29) is 12.5 Å². The first kappa shape index (κ1) is 19.1. The van der Waals surface area contributed by atoms with E-state index < -0.39 is 11.6 Å². The molecule has 0 aliphatic carbocycles. The Hall–Kier alpha value is -3.92. The van der Waals surface area contributed by atoms with Crippen molar-refractivity contribution in [3.05, 3.63) is 77.6 Å². The number of imide groups is 1. The van der Waals surface area contributed by atoms with Crippen molar-refractivity contribution >= 4 is 23.3 Å². The topological polar surface area (TPSA) is 106 Å². The van der Waals surface area contributed by atoms with Crippen LogP contribution in [-0.4, -0.2) is 42.0 Å². The molecule has 1 atom stereocenters. The van der Waals surface area contributed by atoms with Crippen molar-refractivity contribution in [1.82, 2.24) is 35.4 Å². The fraction of sp³-hybridized carbons (Fsp3) is 0.143. The lowest BCUT2D eigenvalue weighted by molar-refractivity contribution is -0.131. The minimum atomic E-state index is -1.20. The molecule has 0 bridgehead atoms. The summed E-state index contributed by atoms with van der Waals surface area (Å²) in [4.78, 5) is 31.8. The highest BCUT2D eigenvalue weighted by molar-refractivity contribution is 7.13. The molecule has 1 saturated heterocycles. The number of thiazole rings is 1. The van der Waals surface area contributed by atoms with E-state index in [4.69, 9.17) is 0 Å². The number of carbonyl (C=O) groups is 2. The summed E-state index contributed by atoms with van der Waals surface area (Å²) >= 11 is 1.48. The Morgan fingerprint density at radius 1 is 1.10 bits per heavy atom. The molecule has 5 rings (SSSR count). The summed E-state index contributed by atoms with van der Waals surface area (Å²) in [7, 11) is 0. The largest absolute Gasteiger partial charge is 0.325 e. The second-order valence-electron chi connectivity index (χ2n) is 7.26. The van der Waals surface area contributed by atoms with Crippen molar-refractivity contribution in [3.8, 4) is 16.3 Å². The first-order valence-electron chi connectivity index (χ1n) is 9.52. The number of benzene rings is 2. The average Bonchev–Trinajstić information content (AvgIpc) is 3.53. The average molecular weight is 431 g/mol. The summed E-state index contributed by atoms with van der Waals surface area (Å²) in [5.41, 5.74) is 1.81. The van der Waals surface area contributed by atoms with Gasteiger partial charge < -0.3 is 5.32 Å². The molecule has 0 spiro atoms. The van der Waals surface area contributed by atoms with Gasteiger partial charge in [-0.25, -0.2) is 14.5 Å². The zero-order valence-corrected chi connectivity index (χ0v) is 17.3. The van der Waals surface area contributed by atoms with Gasteiger partial charge in [-0.1, -0.05) is 42.5 Å². The van der Waals surface area contributed by atoms with E-state index in [9.17, 15) is 9.59 Å². The smallest absolute Gasteiger partial charge is 0.319 e. The predicted molar refractivity (Wildman–Crippen MR) is 113 cm³/mol. The van der Waals surface area contributed by atoms with Crippen LogP contribution in [0.4, 0.5) is 4.79 Å². The van der Waals surface area contributed by atoms with Crippen LogP contribution in [-0.2, 0) is 16.9 Å². The first-order valence-corrected chi connectivity index (χ1v) is 10.4. The van der Waals surface area contributed by atoms with Gasteiger partial charge in [-0.15, -0.1) is 16.4 Å². The van der Waals surface area contributed by atoms with Gasteiger partial charge in [0.15, 0.2) is 0 Å². The summed E-state index contributed by atoms with van der Waals surface area (Å²) in [5, 5.41) is 16.7. The molecule has 9 nitrogen and oxygen atoms in total. The molecule has 1 aliphatic rings. The molecule has 1 aliphatic heterocycles. The third-order valence-corrected chi connectivity index (χ3v) is 6.14. The van der Waals surface area contributed by atoms with Crippen LogP contribution in [0.15, 0.2) is 66.3 Å². The van der Waals surface area contributed by atoms with E-state index in [1.165, 1.54) is 27.2 Å².